The molecule has 0 fully saturated rings. The molecule has 2 aromatic rings. The van der Waals surface area contributed by atoms with Crippen molar-refractivity contribution in [3.8, 4) is 5.75 Å². The standard InChI is InChI=1S/C16H18O2/c1-12(11-13-7-9-15(17)10-8-13)16(18)14-5-3-2-4-6-14/h2-10,12,16-18H,11H2,1H3. The van der Waals surface area contributed by atoms with Gasteiger partial charge in [-0.25, -0.2) is 0 Å². The number of aromatic hydroxyl groups is 1. The molecule has 0 aliphatic carbocycles. The normalized spacial score (nSPS) is 14.1. The summed E-state index contributed by atoms with van der Waals surface area (Å²) in [6.07, 6.45) is 0.330. The van der Waals surface area contributed by atoms with E-state index in [0.717, 1.165) is 17.5 Å². The topological polar surface area (TPSA) is 40.5 Å². The van der Waals surface area contributed by atoms with Crippen LogP contribution in [0, 0.1) is 5.92 Å². The summed E-state index contributed by atoms with van der Waals surface area (Å²) in [6.45, 7) is 2.03. The largest absolute Gasteiger partial charge is 0.508 e. The van der Waals surface area contributed by atoms with Gasteiger partial charge in [-0.1, -0.05) is 49.4 Å². The van der Waals surface area contributed by atoms with Crippen LogP contribution in [0.25, 0.3) is 0 Å². The van der Waals surface area contributed by atoms with Gasteiger partial charge in [0.1, 0.15) is 5.75 Å². The lowest BCUT2D eigenvalue weighted by molar-refractivity contribution is 0.117. The molecule has 2 rings (SSSR count). The van der Waals surface area contributed by atoms with Gasteiger partial charge in [-0.05, 0) is 35.6 Å². The van der Waals surface area contributed by atoms with Crippen LogP contribution < -0.4 is 0 Å². The number of aliphatic hydroxyl groups is 1. The average molecular weight is 242 g/mol. The summed E-state index contributed by atoms with van der Waals surface area (Å²) < 4.78 is 0. The van der Waals surface area contributed by atoms with E-state index in [0.29, 0.717) is 0 Å². The van der Waals surface area contributed by atoms with E-state index >= 15 is 0 Å². The summed E-state index contributed by atoms with van der Waals surface area (Å²) in [6, 6.07) is 16.8. The smallest absolute Gasteiger partial charge is 0.115 e. The quantitative estimate of drug-likeness (QED) is 0.863. The average Bonchev–Trinajstić information content (AvgIpc) is 2.41. The molecule has 2 aromatic carbocycles. The molecule has 2 nitrogen and oxygen atoms in total. The highest BCUT2D eigenvalue weighted by molar-refractivity contribution is 5.26. The zero-order valence-electron chi connectivity index (χ0n) is 10.5. The molecule has 0 aliphatic rings. The highest BCUT2D eigenvalue weighted by atomic mass is 16.3. The molecular formula is C16H18O2. The summed E-state index contributed by atoms with van der Waals surface area (Å²) >= 11 is 0. The molecule has 0 bridgehead atoms. The van der Waals surface area contributed by atoms with Gasteiger partial charge in [-0.3, -0.25) is 0 Å². The molecule has 0 spiro atoms. The third-order valence-electron chi connectivity index (χ3n) is 3.17. The van der Waals surface area contributed by atoms with E-state index in [1.165, 1.54) is 0 Å². The summed E-state index contributed by atoms with van der Waals surface area (Å²) in [5.41, 5.74) is 2.07. The van der Waals surface area contributed by atoms with E-state index in [9.17, 15) is 10.2 Å². The molecule has 2 unspecified atom stereocenters. The summed E-state index contributed by atoms with van der Waals surface area (Å²) in [7, 11) is 0. The predicted octanol–water partition coefficient (Wildman–Crippen LogP) is 3.30. The number of hydrogen-bond acceptors (Lipinski definition) is 2. The van der Waals surface area contributed by atoms with E-state index in [2.05, 4.69) is 0 Å². The first-order valence-corrected chi connectivity index (χ1v) is 6.18. The minimum atomic E-state index is -0.458. The van der Waals surface area contributed by atoms with Crippen molar-refractivity contribution < 1.29 is 10.2 Å². The molecule has 2 heteroatoms. The van der Waals surface area contributed by atoms with E-state index in [1.54, 1.807) is 12.1 Å². The maximum atomic E-state index is 10.3. The van der Waals surface area contributed by atoms with Crippen LogP contribution in [0.2, 0.25) is 0 Å². The van der Waals surface area contributed by atoms with Crippen LogP contribution in [0.4, 0.5) is 0 Å². The second-order valence-corrected chi connectivity index (χ2v) is 4.70. The minimum Gasteiger partial charge on any atom is -0.508 e. The summed E-state index contributed by atoms with van der Waals surface area (Å²) in [5.74, 6) is 0.409. The molecule has 0 aliphatic heterocycles. The van der Waals surface area contributed by atoms with Crippen molar-refractivity contribution in [2.75, 3.05) is 0 Å². The third-order valence-corrected chi connectivity index (χ3v) is 3.17. The van der Waals surface area contributed by atoms with Gasteiger partial charge in [0.25, 0.3) is 0 Å². The van der Waals surface area contributed by atoms with E-state index < -0.39 is 6.10 Å². The van der Waals surface area contributed by atoms with Crippen LogP contribution >= 0.6 is 0 Å². The third kappa shape index (κ3) is 3.11. The van der Waals surface area contributed by atoms with Gasteiger partial charge in [-0.15, -0.1) is 0 Å². The fourth-order valence-corrected chi connectivity index (χ4v) is 2.09. The second kappa shape index (κ2) is 5.69. The highest BCUT2D eigenvalue weighted by Gasteiger charge is 2.16. The van der Waals surface area contributed by atoms with Crippen molar-refractivity contribution in [2.45, 2.75) is 19.4 Å². The van der Waals surface area contributed by atoms with Gasteiger partial charge in [-0.2, -0.15) is 0 Å². The first-order chi connectivity index (χ1) is 8.66. The molecule has 0 heterocycles. The van der Waals surface area contributed by atoms with Gasteiger partial charge in [0, 0.05) is 0 Å². The number of rotatable bonds is 4. The Kier molecular flexibility index (Phi) is 4.00. The lowest BCUT2D eigenvalue weighted by Gasteiger charge is -2.19. The van der Waals surface area contributed by atoms with Crippen molar-refractivity contribution in [3.05, 3.63) is 65.7 Å². The molecule has 2 N–H and O–H groups in total. The number of hydrogen-bond donors (Lipinski definition) is 2. The lowest BCUT2D eigenvalue weighted by atomic mass is 9.91. The maximum absolute atomic E-state index is 10.3. The molecule has 0 aromatic heterocycles. The summed E-state index contributed by atoms with van der Waals surface area (Å²) in [5, 5.41) is 19.5. The molecular weight excluding hydrogens is 224 g/mol. The fraction of sp³-hybridized carbons (Fsp3) is 0.250. The Morgan fingerprint density at radius 3 is 2.17 bits per heavy atom. The Bertz CT molecular complexity index is 476. The van der Waals surface area contributed by atoms with Gasteiger partial charge in [0.05, 0.1) is 6.10 Å². The number of benzene rings is 2. The SMILES string of the molecule is CC(Cc1ccc(O)cc1)C(O)c1ccccc1. The van der Waals surface area contributed by atoms with Gasteiger partial charge in [0.15, 0.2) is 0 Å². The van der Waals surface area contributed by atoms with E-state index in [1.807, 2.05) is 49.4 Å². The molecule has 18 heavy (non-hydrogen) atoms. The highest BCUT2D eigenvalue weighted by Crippen LogP contribution is 2.25. The van der Waals surface area contributed by atoms with Crippen LogP contribution in [0.5, 0.6) is 5.75 Å². The predicted molar refractivity (Wildman–Crippen MR) is 72.4 cm³/mol. The number of phenolic OH excluding ortho intramolecular Hbond substituents is 1. The molecule has 0 saturated heterocycles. The van der Waals surface area contributed by atoms with Gasteiger partial charge in [0.2, 0.25) is 0 Å². The summed E-state index contributed by atoms with van der Waals surface area (Å²) in [4.78, 5) is 0. The van der Waals surface area contributed by atoms with Crippen molar-refractivity contribution in [3.63, 3.8) is 0 Å². The van der Waals surface area contributed by atoms with Crippen LogP contribution in [-0.2, 0) is 6.42 Å². The van der Waals surface area contributed by atoms with Crippen LogP contribution in [0.15, 0.2) is 54.6 Å². The zero-order valence-corrected chi connectivity index (χ0v) is 10.5. The molecule has 2 atom stereocenters. The van der Waals surface area contributed by atoms with Crippen molar-refractivity contribution in [2.24, 2.45) is 5.92 Å². The molecule has 0 radical (unpaired) electrons. The lowest BCUT2D eigenvalue weighted by Crippen LogP contribution is -2.11. The fourth-order valence-electron chi connectivity index (χ4n) is 2.09. The Morgan fingerprint density at radius 1 is 0.944 bits per heavy atom. The van der Waals surface area contributed by atoms with Crippen molar-refractivity contribution in [1.82, 2.24) is 0 Å². The van der Waals surface area contributed by atoms with Crippen molar-refractivity contribution in [1.29, 1.82) is 0 Å². The van der Waals surface area contributed by atoms with Crippen LogP contribution in [0.1, 0.15) is 24.2 Å². The number of phenols is 1. The first-order valence-electron chi connectivity index (χ1n) is 6.18. The maximum Gasteiger partial charge on any atom is 0.115 e. The van der Waals surface area contributed by atoms with Crippen LogP contribution in [0.3, 0.4) is 0 Å². The van der Waals surface area contributed by atoms with Crippen molar-refractivity contribution >= 4 is 0 Å². The first kappa shape index (κ1) is 12.7. The van der Waals surface area contributed by atoms with E-state index in [-0.39, 0.29) is 11.7 Å². The second-order valence-electron chi connectivity index (χ2n) is 4.70. The van der Waals surface area contributed by atoms with Crippen LogP contribution in [-0.4, -0.2) is 10.2 Å². The zero-order chi connectivity index (χ0) is 13.0. The number of aliphatic hydroxyl groups excluding tert-OH is 1. The molecule has 0 amide bonds. The Morgan fingerprint density at radius 2 is 1.56 bits per heavy atom. The molecule has 0 saturated carbocycles. The van der Waals surface area contributed by atoms with E-state index in [4.69, 9.17) is 0 Å². The molecule has 94 valence electrons. The Hall–Kier alpha value is -1.80. The minimum absolute atomic E-state index is 0.136. The van der Waals surface area contributed by atoms with Gasteiger partial charge < -0.3 is 10.2 Å². The Balaban J connectivity index is 2.03. The van der Waals surface area contributed by atoms with Gasteiger partial charge >= 0.3 is 0 Å². The monoisotopic (exact) mass is 242 g/mol. The Labute approximate surface area is 108 Å².